The summed E-state index contributed by atoms with van der Waals surface area (Å²) in [5.41, 5.74) is 0. The van der Waals surface area contributed by atoms with Gasteiger partial charge in [-0.3, -0.25) is 37.3 Å². The molecular formula is C72H140O17P2. The number of phosphoric ester groups is 2. The van der Waals surface area contributed by atoms with Gasteiger partial charge in [0.25, 0.3) is 0 Å². The summed E-state index contributed by atoms with van der Waals surface area (Å²) in [6.07, 6.45) is 46.9. The summed E-state index contributed by atoms with van der Waals surface area (Å²) in [5, 5.41) is 10.6. The van der Waals surface area contributed by atoms with Crippen molar-refractivity contribution in [3.05, 3.63) is 0 Å². The van der Waals surface area contributed by atoms with Gasteiger partial charge in [-0.05, 0) is 43.4 Å². The number of carbonyl (C=O) groups excluding carboxylic acids is 4. The van der Waals surface area contributed by atoms with Gasteiger partial charge in [0.2, 0.25) is 0 Å². The van der Waals surface area contributed by atoms with Crippen LogP contribution in [0.2, 0.25) is 0 Å². The van der Waals surface area contributed by atoms with Crippen LogP contribution in [0.5, 0.6) is 0 Å². The van der Waals surface area contributed by atoms with Crippen LogP contribution in [0.15, 0.2) is 0 Å². The third kappa shape index (κ3) is 63.9. The maximum atomic E-state index is 13.0. The summed E-state index contributed by atoms with van der Waals surface area (Å²) in [6.45, 7) is 11.9. The summed E-state index contributed by atoms with van der Waals surface area (Å²) in [6, 6.07) is 0. The van der Waals surface area contributed by atoms with Gasteiger partial charge in [0.1, 0.15) is 19.3 Å². The summed E-state index contributed by atoms with van der Waals surface area (Å²) in [4.78, 5) is 72.7. The number of rotatable bonds is 70. The molecule has 19 heteroatoms. The average molecular weight is 1340 g/mol. The molecule has 0 fully saturated rings. The molecule has 0 spiro atoms. The Balaban J connectivity index is 5.28. The number of hydrogen-bond donors (Lipinski definition) is 3. The van der Waals surface area contributed by atoms with Crippen LogP contribution in [0.25, 0.3) is 0 Å². The molecule has 0 aliphatic heterocycles. The Morgan fingerprint density at radius 2 is 0.560 bits per heavy atom. The molecule has 7 atom stereocenters. The zero-order chi connectivity index (χ0) is 67.3. The van der Waals surface area contributed by atoms with Crippen molar-refractivity contribution in [2.75, 3.05) is 39.6 Å². The number of aliphatic hydroxyl groups is 1. The van der Waals surface area contributed by atoms with Crippen LogP contribution >= 0.6 is 15.6 Å². The minimum absolute atomic E-state index is 0.105. The van der Waals surface area contributed by atoms with Crippen LogP contribution in [-0.2, 0) is 65.4 Å². The van der Waals surface area contributed by atoms with E-state index in [2.05, 4.69) is 48.5 Å². The van der Waals surface area contributed by atoms with Crippen LogP contribution in [-0.4, -0.2) is 96.7 Å². The standard InChI is InChI=1S/C72H140O17P2/c1-8-11-12-13-14-15-16-17-24-32-39-46-53-69(74)82-60-68(89-72(77)56-49-42-35-28-27-31-38-45-52-65(7)10-3)62-87-91(80,81)85-58-66(73)57-84-90(78,79)86-61-67(59-83-70(75)54-47-40-33-25-20-18-22-29-36-43-50-63(4)5)88-71(76)55-48-41-34-26-21-19-23-30-37-44-51-64(6)9-2/h63-68,73H,8-62H2,1-7H3,(H,78,79)(H,80,81)/t64?,65?,66-,67-,68-/m1/s1. The quantitative estimate of drug-likeness (QED) is 0.0222. The van der Waals surface area contributed by atoms with E-state index in [4.69, 9.17) is 37.0 Å². The maximum absolute atomic E-state index is 13.0. The lowest BCUT2D eigenvalue weighted by atomic mass is 9.99. The van der Waals surface area contributed by atoms with Crippen molar-refractivity contribution in [1.82, 2.24) is 0 Å². The van der Waals surface area contributed by atoms with Gasteiger partial charge in [-0.1, -0.05) is 312 Å². The van der Waals surface area contributed by atoms with Gasteiger partial charge >= 0.3 is 39.5 Å². The molecule has 0 rings (SSSR count). The fraction of sp³-hybridized carbons (Fsp3) is 0.944. The molecule has 91 heavy (non-hydrogen) atoms. The van der Waals surface area contributed by atoms with E-state index >= 15 is 0 Å². The third-order valence-electron chi connectivity index (χ3n) is 17.4. The molecule has 0 saturated heterocycles. The van der Waals surface area contributed by atoms with Crippen molar-refractivity contribution in [3.63, 3.8) is 0 Å². The van der Waals surface area contributed by atoms with Gasteiger partial charge in [-0.2, -0.15) is 0 Å². The molecular weight excluding hydrogens is 1200 g/mol. The van der Waals surface area contributed by atoms with Crippen LogP contribution in [0, 0.1) is 17.8 Å². The smallest absolute Gasteiger partial charge is 0.462 e. The van der Waals surface area contributed by atoms with Crippen LogP contribution in [0.1, 0.15) is 363 Å². The average Bonchev–Trinajstić information content (AvgIpc) is 2.22. The Hall–Kier alpha value is -1.94. The molecule has 0 aromatic carbocycles. The molecule has 0 aromatic rings. The second-order valence-corrected chi connectivity index (χ2v) is 29.8. The predicted octanol–water partition coefficient (Wildman–Crippen LogP) is 20.6. The van der Waals surface area contributed by atoms with Gasteiger partial charge in [-0.25, -0.2) is 9.13 Å². The number of hydrogen-bond acceptors (Lipinski definition) is 15. The lowest BCUT2D eigenvalue weighted by Crippen LogP contribution is -2.30. The van der Waals surface area contributed by atoms with E-state index in [1.165, 1.54) is 173 Å². The fourth-order valence-electron chi connectivity index (χ4n) is 10.8. The van der Waals surface area contributed by atoms with Crippen molar-refractivity contribution in [1.29, 1.82) is 0 Å². The Labute approximate surface area is 556 Å². The maximum Gasteiger partial charge on any atom is 0.472 e. The second kappa shape index (κ2) is 62.8. The minimum atomic E-state index is -4.95. The number of carbonyl (C=O) groups is 4. The van der Waals surface area contributed by atoms with Gasteiger partial charge in [0.15, 0.2) is 12.2 Å². The Morgan fingerprint density at radius 3 is 0.835 bits per heavy atom. The van der Waals surface area contributed by atoms with E-state index in [0.717, 1.165) is 108 Å². The molecule has 0 aliphatic carbocycles. The second-order valence-electron chi connectivity index (χ2n) is 26.9. The largest absolute Gasteiger partial charge is 0.472 e. The lowest BCUT2D eigenvalue weighted by molar-refractivity contribution is -0.161. The number of phosphoric acid groups is 2. The number of aliphatic hydroxyl groups excluding tert-OH is 1. The third-order valence-corrected chi connectivity index (χ3v) is 19.3. The first-order valence-corrected chi connectivity index (χ1v) is 40.4. The highest BCUT2D eigenvalue weighted by atomic mass is 31.2. The lowest BCUT2D eigenvalue weighted by Gasteiger charge is -2.21. The molecule has 0 saturated carbocycles. The highest BCUT2D eigenvalue weighted by molar-refractivity contribution is 7.47. The minimum Gasteiger partial charge on any atom is -0.462 e. The summed E-state index contributed by atoms with van der Waals surface area (Å²) in [5.74, 6) is 0.208. The van der Waals surface area contributed by atoms with Crippen LogP contribution < -0.4 is 0 Å². The molecule has 3 N–H and O–H groups in total. The normalized spacial score (nSPS) is 14.8. The fourth-order valence-corrected chi connectivity index (χ4v) is 12.4. The van der Waals surface area contributed by atoms with Crippen molar-refractivity contribution in [3.8, 4) is 0 Å². The van der Waals surface area contributed by atoms with Crippen LogP contribution in [0.4, 0.5) is 0 Å². The van der Waals surface area contributed by atoms with E-state index in [0.29, 0.717) is 25.7 Å². The molecule has 0 amide bonds. The van der Waals surface area contributed by atoms with E-state index < -0.39 is 97.5 Å². The first kappa shape index (κ1) is 89.1. The highest BCUT2D eigenvalue weighted by Gasteiger charge is 2.30. The van der Waals surface area contributed by atoms with Crippen LogP contribution in [0.3, 0.4) is 0 Å². The monoisotopic (exact) mass is 1340 g/mol. The number of esters is 4. The van der Waals surface area contributed by atoms with Gasteiger partial charge in [0.05, 0.1) is 26.4 Å². The Bertz CT molecular complexity index is 1790. The SMILES string of the molecule is CCCCCCCCCCCCCCC(=O)OC[C@H](COP(=O)(O)OC[C@H](O)COP(=O)(O)OC[C@@H](COC(=O)CCCCCCCCCCCCC(C)C)OC(=O)CCCCCCCCCCCCC(C)CC)OC(=O)CCCCCCCCCCC(C)CC. The van der Waals surface area contributed by atoms with Gasteiger partial charge in [-0.15, -0.1) is 0 Å². The molecule has 0 heterocycles. The predicted molar refractivity (Wildman–Crippen MR) is 368 cm³/mol. The van der Waals surface area contributed by atoms with E-state index in [1.807, 2.05) is 0 Å². The molecule has 0 bridgehead atoms. The zero-order valence-corrected chi connectivity index (χ0v) is 61.1. The molecule has 4 unspecified atom stereocenters. The molecule has 0 aromatic heterocycles. The van der Waals surface area contributed by atoms with E-state index in [1.54, 1.807) is 0 Å². The number of ether oxygens (including phenoxy) is 4. The van der Waals surface area contributed by atoms with Gasteiger partial charge in [0, 0.05) is 25.7 Å². The molecule has 0 aliphatic rings. The Morgan fingerprint density at radius 1 is 0.319 bits per heavy atom. The first-order chi connectivity index (χ1) is 43.8. The van der Waals surface area contributed by atoms with E-state index in [9.17, 15) is 43.2 Å². The summed E-state index contributed by atoms with van der Waals surface area (Å²) in [7, 11) is -9.91. The topological polar surface area (TPSA) is 237 Å². The molecule has 17 nitrogen and oxygen atoms in total. The first-order valence-electron chi connectivity index (χ1n) is 37.4. The zero-order valence-electron chi connectivity index (χ0n) is 59.3. The van der Waals surface area contributed by atoms with Gasteiger partial charge < -0.3 is 33.8 Å². The van der Waals surface area contributed by atoms with Crippen molar-refractivity contribution < 1.29 is 80.2 Å². The highest BCUT2D eigenvalue weighted by Crippen LogP contribution is 2.45. The van der Waals surface area contributed by atoms with E-state index in [-0.39, 0.29) is 25.7 Å². The Kier molecular flexibility index (Phi) is 61.5. The van der Waals surface area contributed by atoms with Crippen molar-refractivity contribution in [2.24, 2.45) is 17.8 Å². The van der Waals surface area contributed by atoms with Crippen molar-refractivity contribution >= 4 is 39.5 Å². The number of unbranched alkanes of at least 4 members (excludes halogenated alkanes) is 36. The summed E-state index contributed by atoms with van der Waals surface area (Å²) >= 11 is 0. The molecule has 540 valence electrons. The molecule has 0 radical (unpaired) electrons. The summed E-state index contributed by atoms with van der Waals surface area (Å²) < 4.78 is 68.4. The van der Waals surface area contributed by atoms with Crippen molar-refractivity contribution in [2.45, 2.75) is 381 Å².